The van der Waals surface area contributed by atoms with Crippen molar-refractivity contribution in [1.82, 2.24) is 10.3 Å². The lowest BCUT2D eigenvalue weighted by molar-refractivity contribution is 0.481. The third-order valence-electron chi connectivity index (χ3n) is 3.29. The fourth-order valence-electron chi connectivity index (χ4n) is 2.12. The highest BCUT2D eigenvalue weighted by atomic mass is 32.1. The second-order valence-corrected chi connectivity index (χ2v) is 6.69. The zero-order valence-electron chi connectivity index (χ0n) is 13.6. The lowest BCUT2D eigenvalue weighted by atomic mass is 10.3. The predicted molar refractivity (Wildman–Crippen MR) is 89.0 cm³/mol. The molecule has 0 bridgehead atoms. The smallest absolute Gasteiger partial charge is 0.185 e. The van der Waals surface area contributed by atoms with Crippen molar-refractivity contribution in [2.24, 2.45) is 0 Å². The number of aromatic nitrogens is 1. The van der Waals surface area contributed by atoms with Crippen LogP contribution >= 0.6 is 11.3 Å². The molecule has 2 heterocycles. The van der Waals surface area contributed by atoms with E-state index in [9.17, 15) is 0 Å². The van der Waals surface area contributed by atoms with Crippen molar-refractivity contribution in [3.63, 3.8) is 0 Å². The molecule has 0 aliphatic carbocycles. The van der Waals surface area contributed by atoms with Gasteiger partial charge >= 0.3 is 0 Å². The van der Waals surface area contributed by atoms with Crippen LogP contribution in [-0.4, -0.2) is 18.1 Å². The lowest BCUT2D eigenvalue weighted by Gasteiger charge is -2.13. The van der Waals surface area contributed by atoms with Gasteiger partial charge in [0.05, 0.1) is 12.2 Å². The molecule has 0 radical (unpaired) electrons. The van der Waals surface area contributed by atoms with Gasteiger partial charge in [-0.25, -0.2) is 4.98 Å². The third kappa shape index (κ3) is 4.32. The van der Waals surface area contributed by atoms with E-state index in [-0.39, 0.29) is 0 Å². The van der Waals surface area contributed by atoms with Crippen molar-refractivity contribution in [2.45, 2.75) is 53.2 Å². The predicted octanol–water partition coefficient (Wildman–Crippen LogP) is 3.74. The van der Waals surface area contributed by atoms with Gasteiger partial charge in [-0.1, -0.05) is 20.8 Å². The highest BCUT2D eigenvalue weighted by Gasteiger charge is 2.14. The molecule has 4 nitrogen and oxygen atoms in total. The lowest BCUT2D eigenvalue weighted by Crippen LogP contribution is -2.21. The molecule has 0 unspecified atom stereocenters. The summed E-state index contributed by atoms with van der Waals surface area (Å²) in [6, 6.07) is 4.52. The summed E-state index contributed by atoms with van der Waals surface area (Å²) in [6.07, 6.45) is 0.972. The Balaban J connectivity index is 2.08. The monoisotopic (exact) mass is 307 g/mol. The van der Waals surface area contributed by atoms with Crippen molar-refractivity contribution in [3.8, 4) is 0 Å². The number of nitrogens with one attached hydrogen (secondary N) is 1. The van der Waals surface area contributed by atoms with E-state index < -0.39 is 0 Å². The van der Waals surface area contributed by atoms with Crippen LogP contribution in [0.25, 0.3) is 0 Å². The highest BCUT2D eigenvalue weighted by molar-refractivity contribution is 7.15. The summed E-state index contributed by atoms with van der Waals surface area (Å²) in [5.41, 5.74) is 1.20. The second-order valence-electron chi connectivity index (χ2n) is 5.62. The van der Waals surface area contributed by atoms with Crippen LogP contribution in [-0.2, 0) is 19.5 Å². The number of hydrogen-bond acceptors (Lipinski definition) is 5. The summed E-state index contributed by atoms with van der Waals surface area (Å²) in [6.45, 7) is 10.1. The Bertz CT molecular complexity index is 574. The van der Waals surface area contributed by atoms with Gasteiger partial charge in [-0.3, -0.25) is 0 Å². The Hall–Kier alpha value is -1.33. The van der Waals surface area contributed by atoms with E-state index in [1.165, 1.54) is 10.6 Å². The number of nitrogens with zero attached hydrogens (tertiary/aromatic N) is 2. The molecule has 1 N–H and O–H groups in total. The minimum Gasteiger partial charge on any atom is -0.464 e. The summed E-state index contributed by atoms with van der Waals surface area (Å²) >= 11 is 1.77. The van der Waals surface area contributed by atoms with E-state index in [4.69, 9.17) is 9.40 Å². The molecular weight excluding hydrogens is 282 g/mol. The summed E-state index contributed by atoms with van der Waals surface area (Å²) in [5.74, 6) is 1.93. The van der Waals surface area contributed by atoms with Gasteiger partial charge in [-0.2, -0.15) is 0 Å². The zero-order valence-corrected chi connectivity index (χ0v) is 14.4. The molecular formula is C16H25N3OS. The molecule has 0 fully saturated rings. The fourth-order valence-corrected chi connectivity index (χ4v) is 3.18. The van der Waals surface area contributed by atoms with Gasteiger partial charge < -0.3 is 14.6 Å². The van der Waals surface area contributed by atoms with Crippen LogP contribution in [0.2, 0.25) is 0 Å². The Morgan fingerprint density at radius 3 is 2.71 bits per heavy atom. The SMILES string of the molecule is CCc1nc(N(C)Cc2ccc(C)o2)sc1CNC(C)C. The van der Waals surface area contributed by atoms with Gasteiger partial charge in [0.1, 0.15) is 11.5 Å². The van der Waals surface area contributed by atoms with Gasteiger partial charge in [0.25, 0.3) is 0 Å². The molecule has 2 rings (SSSR count). The number of rotatable bonds is 7. The first-order valence-electron chi connectivity index (χ1n) is 7.48. The van der Waals surface area contributed by atoms with Crippen molar-refractivity contribution in [1.29, 1.82) is 0 Å². The first-order valence-corrected chi connectivity index (χ1v) is 8.29. The minimum absolute atomic E-state index is 0.490. The van der Waals surface area contributed by atoms with Crippen molar-refractivity contribution in [3.05, 3.63) is 34.2 Å². The van der Waals surface area contributed by atoms with E-state index in [2.05, 4.69) is 38.0 Å². The number of thiazole rings is 1. The molecule has 0 aliphatic heterocycles. The summed E-state index contributed by atoms with van der Waals surface area (Å²) < 4.78 is 5.64. The first kappa shape index (κ1) is 16.0. The van der Waals surface area contributed by atoms with Crippen LogP contribution in [0, 0.1) is 6.92 Å². The summed E-state index contributed by atoms with van der Waals surface area (Å²) in [4.78, 5) is 8.26. The molecule has 0 saturated heterocycles. The van der Waals surface area contributed by atoms with Crippen LogP contribution in [0.15, 0.2) is 16.5 Å². The third-order valence-corrected chi connectivity index (χ3v) is 4.50. The zero-order chi connectivity index (χ0) is 15.4. The topological polar surface area (TPSA) is 41.3 Å². The highest BCUT2D eigenvalue weighted by Crippen LogP contribution is 2.27. The van der Waals surface area contributed by atoms with Crippen LogP contribution < -0.4 is 10.2 Å². The van der Waals surface area contributed by atoms with Crippen LogP contribution in [0.3, 0.4) is 0 Å². The van der Waals surface area contributed by atoms with E-state index in [1.54, 1.807) is 11.3 Å². The van der Waals surface area contributed by atoms with Crippen LogP contribution in [0.5, 0.6) is 0 Å². The van der Waals surface area contributed by atoms with Gasteiger partial charge in [0, 0.05) is 24.5 Å². The maximum atomic E-state index is 5.64. The van der Waals surface area contributed by atoms with E-state index >= 15 is 0 Å². The summed E-state index contributed by atoms with van der Waals surface area (Å²) in [7, 11) is 2.07. The van der Waals surface area contributed by atoms with Gasteiger partial charge in [-0.15, -0.1) is 11.3 Å². The molecule has 0 saturated carbocycles. The van der Waals surface area contributed by atoms with Crippen LogP contribution in [0.1, 0.15) is 42.9 Å². The average molecular weight is 307 g/mol. The molecule has 2 aromatic rings. The normalized spacial score (nSPS) is 11.3. The van der Waals surface area contributed by atoms with Crippen LogP contribution in [0.4, 0.5) is 5.13 Å². The van der Waals surface area contributed by atoms with Gasteiger partial charge in [0.15, 0.2) is 5.13 Å². The molecule has 0 atom stereocenters. The number of anilines is 1. The van der Waals surface area contributed by atoms with Crippen molar-refractivity contribution in [2.75, 3.05) is 11.9 Å². The summed E-state index contributed by atoms with van der Waals surface area (Å²) in [5, 5.41) is 4.53. The number of aryl methyl sites for hydroxylation is 2. The molecule has 0 aliphatic rings. The molecule has 21 heavy (non-hydrogen) atoms. The Labute approximate surface area is 131 Å². The Kier molecular flexibility index (Phi) is 5.42. The molecule has 0 aromatic carbocycles. The molecule has 116 valence electrons. The molecule has 0 spiro atoms. The van der Waals surface area contributed by atoms with E-state index in [1.807, 2.05) is 19.1 Å². The second kappa shape index (κ2) is 7.09. The average Bonchev–Trinajstić information content (AvgIpc) is 3.02. The van der Waals surface area contributed by atoms with Gasteiger partial charge in [-0.05, 0) is 25.5 Å². The Morgan fingerprint density at radius 1 is 1.38 bits per heavy atom. The quantitative estimate of drug-likeness (QED) is 0.846. The van der Waals surface area contributed by atoms with Crippen molar-refractivity contribution >= 4 is 16.5 Å². The van der Waals surface area contributed by atoms with Gasteiger partial charge in [0.2, 0.25) is 0 Å². The fraction of sp³-hybridized carbons (Fsp3) is 0.562. The van der Waals surface area contributed by atoms with E-state index in [0.717, 1.165) is 36.2 Å². The van der Waals surface area contributed by atoms with E-state index in [0.29, 0.717) is 6.04 Å². The molecule has 0 amide bonds. The largest absolute Gasteiger partial charge is 0.464 e. The standard InChI is InChI=1S/C16H25N3OS/c1-6-14-15(9-17-11(2)3)21-16(18-14)19(5)10-13-8-7-12(4)20-13/h7-8,11,17H,6,9-10H2,1-5H3. The van der Waals surface area contributed by atoms with Crippen molar-refractivity contribution < 1.29 is 4.42 Å². The molecule has 2 aromatic heterocycles. The number of hydrogen-bond donors (Lipinski definition) is 1. The maximum absolute atomic E-state index is 5.64. The Morgan fingerprint density at radius 2 is 2.14 bits per heavy atom. The molecule has 5 heteroatoms. The minimum atomic E-state index is 0.490. The number of furan rings is 1. The first-order chi connectivity index (χ1) is 9.99. The maximum Gasteiger partial charge on any atom is 0.185 e.